The third-order valence-electron chi connectivity index (χ3n) is 5.83. The van der Waals surface area contributed by atoms with Gasteiger partial charge in [-0.2, -0.15) is 5.26 Å². The van der Waals surface area contributed by atoms with Gasteiger partial charge in [0.05, 0.1) is 35.9 Å². The fourth-order valence-electron chi connectivity index (χ4n) is 4.10. The Morgan fingerprint density at radius 2 is 1.71 bits per heavy atom. The Balaban J connectivity index is 1.39. The van der Waals surface area contributed by atoms with Crippen molar-refractivity contribution in [3.05, 3.63) is 124 Å². The van der Waals surface area contributed by atoms with Crippen molar-refractivity contribution >= 4 is 22.5 Å². The highest BCUT2D eigenvalue weighted by Crippen LogP contribution is 2.18. The normalized spacial score (nSPS) is 11.1. The lowest BCUT2D eigenvalue weighted by Crippen LogP contribution is -2.25. The van der Waals surface area contributed by atoms with Crippen LogP contribution in [0.15, 0.2) is 91.3 Å². The number of hydrogen-bond donors (Lipinski definition) is 0. The zero-order chi connectivity index (χ0) is 24.0. The number of fused-ring (bicyclic) bond motifs is 1. The lowest BCUT2D eigenvalue weighted by atomic mass is 10.1. The summed E-state index contributed by atoms with van der Waals surface area (Å²) in [6.45, 7) is 2.57. The van der Waals surface area contributed by atoms with Gasteiger partial charge in [0.25, 0.3) is 0 Å². The standard InChI is InChI=1S/C28H23ClN6/c29-25-6-3-4-23(14-25)16-34(18-26-13-12-24-5-1-2-7-27(24)32-26)19-28-33-31-20-35(28)17-22-10-8-21(15-30)9-11-22/h1-14,20H,16-19H2. The SMILES string of the molecule is N#Cc1ccc(Cn2cnnc2CN(Cc2cccc(Cl)c2)Cc2ccc3ccccc3n2)cc1. The van der Waals surface area contributed by atoms with Gasteiger partial charge in [-0.1, -0.05) is 60.1 Å². The van der Waals surface area contributed by atoms with Crippen LogP contribution in [-0.4, -0.2) is 24.6 Å². The minimum Gasteiger partial charge on any atom is -0.312 e. The van der Waals surface area contributed by atoms with Gasteiger partial charge in [0, 0.05) is 23.5 Å². The molecule has 0 amide bonds. The third kappa shape index (κ3) is 5.72. The summed E-state index contributed by atoms with van der Waals surface area (Å²) in [5.41, 5.74) is 4.83. The molecule has 3 aromatic carbocycles. The molecule has 6 nitrogen and oxygen atoms in total. The number of rotatable bonds is 8. The number of halogens is 1. The van der Waals surface area contributed by atoms with Crippen LogP contribution < -0.4 is 0 Å². The van der Waals surface area contributed by atoms with Crippen molar-refractivity contribution in [1.82, 2.24) is 24.6 Å². The highest BCUT2D eigenvalue weighted by molar-refractivity contribution is 6.30. The number of pyridine rings is 1. The summed E-state index contributed by atoms with van der Waals surface area (Å²) in [6, 6.07) is 30.0. The van der Waals surface area contributed by atoms with Crippen molar-refractivity contribution in [1.29, 1.82) is 5.26 Å². The lowest BCUT2D eigenvalue weighted by Gasteiger charge is -2.22. The summed E-state index contributed by atoms with van der Waals surface area (Å²) in [5.74, 6) is 0.858. The van der Waals surface area contributed by atoms with E-state index < -0.39 is 0 Å². The second-order valence-corrected chi connectivity index (χ2v) is 8.89. The highest BCUT2D eigenvalue weighted by Gasteiger charge is 2.14. The van der Waals surface area contributed by atoms with E-state index in [-0.39, 0.29) is 0 Å². The Morgan fingerprint density at radius 1 is 0.857 bits per heavy atom. The van der Waals surface area contributed by atoms with E-state index in [9.17, 15) is 0 Å². The molecule has 0 aliphatic carbocycles. The molecular formula is C28H23ClN6. The van der Waals surface area contributed by atoms with Crippen molar-refractivity contribution in [2.24, 2.45) is 0 Å². The molecule has 0 unspecified atom stereocenters. The summed E-state index contributed by atoms with van der Waals surface area (Å²) in [6.07, 6.45) is 1.75. The molecule has 7 heteroatoms. The molecule has 0 atom stereocenters. The van der Waals surface area contributed by atoms with Crippen molar-refractivity contribution < 1.29 is 0 Å². The minimum atomic E-state index is 0.595. The molecule has 35 heavy (non-hydrogen) atoms. The molecule has 0 aliphatic heterocycles. The van der Waals surface area contributed by atoms with E-state index in [1.165, 1.54) is 0 Å². The Morgan fingerprint density at radius 3 is 2.54 bits per heavy atom. The predicted molar refractivity (Wildman–Crippen MR) is 136 cm³/mol. The number of nitriles is 1. The molecule has 0 N–H and O–H groups in total. The second kappa shape index (κ2) is 10.5. The van der Waals surface area contributed by atoms with Crippen LogP contribution in [0, 0.1) is 11.3 Å². The number of benzene rings is 3. The van der Waals surface area contributed by atoms with E-state index in [2.05, 4.69) is 45.4 Å². The van der Waals surface area contributed by atoms with Gasteiger partial charge in [-0.15, -0.1) is 10.2 Å². The van der Waals surface area contributed by atoms with Crippen LogP contribution in [0.25, 0.3) is 10.9 Å². The van der Waals surface area contributed by atoms with Gasteiger partial charge in [0.15, 0.2) is 0 Å². The first kappa shape index (κ1) is 22.7. The van der Waals surface area contributed by atoms with Gasteiger partial charge in [-0.05, 0) is 47.5 Å². The smallest absolute Gasteiger partial charge is 0.147 e. The van der Waals surface area contributed by atoms with E-state index >= 15 is 0 Å². The Kier molecular flexibility index (Phi) is 6.80. The van der Waals surface area contributed by atoms with Crippen LogP contribution in [0.3, 0.4) is 0 Å². The fourth-order valence-corrected chi connectivity index (χ4v) is 4.31. The van der Waals surface area contributed by atoms with Crippen LogP contribution in [-0.2, 0) is 26.2 Å². The van der Waals surface area contributed by atoms with Gasteiger partial charge in [0.2, 0.25) is 0 Å². The van der Waals surface area contributed by atoms with Gasteiger partial charge >= 0.3 is 0 Å². The Hall–Kier alpha value is -4.05. The highest BCUT2D eigenvalue weighted by atomic mass is 35.5. The first-order valence-electron chi connectivity index (χ1n) is 11.3. The van der Waals surface area contributed by atoms with E-state index in [0.29, 0.717) is 31.7 Å². The molecule has 172 valence electrons. The molecule has 2 heterocycles. The topological polar surface area (TPSA) is 70.6 Å². The predicted octanol–water partition coefficient (Wildman–Crippen LogP) is 5.60. The first-order chi connectivity index (χ1) is 17.2. The Bertz CT molecular complexity index is 1490. The molecule has 0 aliphatic rings. The molecular weight excluding hydrogens is 456 g/mol. The maximum absolute atomic E-state index is 9.05. The molecule has 0 radical (unpaired) electrons. The Labute approximate surface area is 209 Å². The molecule has 2 aromatic heterocycles. The number of aromatic nitrogens is 4. The summed E-state index contributed by atoms with van der Waals surface area (Å²) in [4.78, 5) is 7.17. The molecule has 0 saturated heterocycles. The average Bonchev–Trinajstić information content (AvgIpc) is 3.30. The van der Waals surface area contributed by atoms with Crippen molar-refractivity contribution in [2.75, 3.05) is 0 Å². The second-order valence-electron chi connectivity index (χ2n) is 8.45. The first-order valence-corrected chi connectivity index (χ1v) is 11.7. The summed E-state index contributed by atoms with van der Waals surface area (Å²) >= 11 is 6.26. The van der Waals surface area contributed by atoms with E-state index in [0.717, 1.165) is 38.6 Å². The van der Waals surface area contributed by atoms with Crippen molar-refractivity contribution in [3.63, 3.8) is 0 Å². The quantitative estimate of drug-likeness (QED) is 0.290. The van der Waals surface area contributed by atoms with Crippen LogP contribution in [0.5, 0.6) is 0 Å². The van der Waals surface area contributed by atoms with E-state index in [1.807, 2.05) is 65.2 Å². The van der Waals surface area contributed by atoms with Gasteiger partial charge < -0.3 is 4.57 Å². The minimum absolute atomic E-state index is 0.595. The number of nitrogens with zero attached hydrogens (tertiary/aromatic N) is 6. The van der Waals surface area contributed by atoms with E-state index in [1.54, 1.807) is 6.33 Å². The molecule has 0 spiro atoms. The average molecular weight is 479 g/mol. The molecule has 5 rings (SSSR count). The third-order valence-corrected chi connectivity index (χ3v) is 6.07. The van der Waals surface area contributed by atoms with Crippen molar-refractivity contribution in [3.8, 4) is 6.07 Å². The molecule has 0 fully saturated rings. The summed E-state index contributed by atoms with van der Waals surface area (Å²) in [5, 5.41) is 19.5. The number of para-hydroxylation sites is 1. The van der Waals surface area contributed by atoms with Gasteiger partial charge in [-0.25, -0.2) is 0 Å². The van der Waals surface area contributed by atoms with Crippen molar-refractivity contribution in [2.45, 2.75) is 26.2 Å². The maximum Gasteiger partial charge on any atom is 0.147 e. The fraction of sp³-hybridized carbons (Fsp3) is 0.143. The molecule has 0 saturated carbocycles. The monoisotopic (exact) mass is 478 g/mol. The zero-order valence-electron chi connectivity index (χ0n) is 19.0. The van der Waals surface area contributed by atoms with Gasteiger partial charge in [-0.3, -0.25) is 9.88 Å². The van der Waals surface area contributed by atoms with Crippen LogP contribution in [0.1, 0.15) is 28.2 Å². The maximum atomic E-state index is 9.05. The summed E-state index contributed by atoms with van der Waals surface area (Å²) < 4.78 is 2.04. The van der Waals surface area contributed by atoms with E-state index in [4.69, 9.17) is 21.8 Å². The lowest BCUT2D eigenvalue weighted by molar-refractivity contribution is 0.235. The number of hydrogen-bond acceptors (Lipinski definition) is 5. The largest absolute Gasteiger partial charge is 0.312 e. The van der Waals surface area contributed by atoms with Crippen LogP contribution in [0.2, 0.25) is 5.02 Å². The molecule has 0 bridgehead atoms. The van der Waals surface area contributed by atoms with Crippen LogP contribution in [0.4, 0.5) is 0 Å². The van der Waals surface area contributed by atoms with Gasteiger partial charge in [0.1, 0.15) is 12.2 Å². The molecule has 5 aromatic rings. The summed E-state index contributed by atoms with van der Waals surface area (Å²) in [7, 11) is 0. The van der Waals surface area contributed by atoms with Crippen LogP contribution >= 0.6 is 11.6 Å². The zero-order valence-corrected chi connectivity index (χ0v) is 19.8.